The molecule has 9 heteroatoms. The molecule has 0 spiro atoms. The van der Waals surface area contributed by atoms with Gasteiger partial charge in [-0.1, -0.05) is 72.8 Å². The molecule has 9 nitrogen and oxygen atoms in total. The number of hydrogen-bond donors (Lipinski definition) is 2. The Morgan fingerprint density at radius 3 is 1.40 bits per heavy atom. The van der Waals surface area contributed by atoms with E-state index in [4.69, 9.17) is 4.74 Å². The Morgan fingerprint density at radius 1 is 0.600 bits per heavy atom. The van der Waals surface area contributed by atoms with Crippen molar-refractivity contribution in [3.8, 4) is 11.1 Å². The first kappa shape index (κ1) is 29.4. The lowest BCUT2D eigenvalue weighted by atomic mass is 9.74. The molecule has 0 bridgehead atoms. The van der Waals surface area contributed by atoms with Crippen molar-refractivity contribution >= 4 is 35.6 Å². The molecule has 4 aromatic carbocycles. The third-order valence-corrected chi connectivity index (χ3v) is 7.81. The predicted octanol–water partition coefficient (Wildman–Crippen LogP) is 5.18. The van der Waals surface area contributed by atoms with E-state index in [1.54, 1.807) is 93.6 Å². The highest BCUT2D eigenvalue weighted by Crippen LogP contribution is 2.41. The Labute approximate surface area is 258 Å². The lowest BCUT2D eigenvalue weighted by molar-refractivity contribution is -0.109. The van der Waals surface area contributed by atoms with E-state index in [9.17, 15) is 28.8 Å². The summed E-state index contributed by atoms with van der Waals surface area (Å²) in [4.78, 5) is 79.8. The van der Waals surface area contributed by atoms with Gasteiger partial charge in [0.05, 0.1) is 0 Å². The Morgan fingerprint density at radius 2 is 1.00 bits per heavy atom. The van der Waals surface area contributed by atoms with Crippen molar-refractivity contribution in [3.63, 3.8) is 0 Å². The van der Waals surface area contributed by atoms with Gasteiger partial charge in [0.1, 0.15) is 5.60 Å². The minimum absolute atomic E-state index is 0.00543. The first-order chi connectivity index (χ1) is 21.5. The van der Waals surface area contributed by atoms with Crippen LogP contribution in [-0.2, 0) is 22.6 Å². The Kier molecular flexibility index (Phi) is 7.24. The summed E-state index contributed by atoms with van der Waals surface area (Å²) in [7, 11) is 0. The van der Waals surface area contributed by atoms with E-state index < -0.39 is 29.0 Å². The van der Waals surface area contributed by atoms with Gasteiger partial charge in [0.15, 0.2) is 23.1 Å². The monoisotopic (exact) mass is 600 g/mol. The van der Waals surface area contributed by atoms with Crippen LogP contribution in [0.2, 0.25) is 0 Å². The van der Waals surface area contributed by atoms with Crippen LogP contribution < -0.4 is 10.6 Å². The smallest absolute Gasteiger partial charge is 0.407 e. The molecule has 45 heavy (non-hydrogen) atoms. The van der Waals surface area contributed by atoms with Crippen LogP contribution in [0.4, 0.5) is 4.79 Å². The Balaban J connectivity index is 1.58. The fourth-order valence-electron chi connectivity index (χ4n) is 5.96. The molecule has 2 aliphatic carbocycles. The number of alkyl carbamates (subject to hydrolysis) is 1. The van der Waals surface area contributed by atoms with Crippen molar-refractivity contribution in [3.05, 3.63) is 128 Å². The van der Waals surface area contributed by atoms with E-state index >= 15 is 0 Å². The van der Waals surface area contributed by atoms with Gasteiger partial charge in [-0.05, 0) is 43.0 Å². The standard InChI is InChI=1S/C36H28N2O7/c1-36(2,3)45-35(44)38-17-20-13-15-22(30-28(20)32(41)24-9-5-7-11-26(24)34(30)43)21-14-12-19(16-37-18-39)27-29(21)33(42)25-10-6-4-8-23(25)31(27)40/h4-15,18H,16-17H2,1-3H3,(H,37,39)(H,38,44). The number of fused-ring (bicyclic) bond motifs is 4. The third-order valence-electron chi connectivity index (χ3n) is 7.81. The second-order valence-corrected chi connectivity index (χ2v) is 11.8. The highest BCUT2D eigenvalue weighted by atomic mass is 16.6. The number of carbonyl (C=O) groups is 6. The second kappa shape index (κ2) is 11.1. The summed E-state index contributed by atoms with van der Waals surface area (Å²) in [5.74, 6) is -1.63. The van der Waals surface area contributed by atoms with E-state index in [-0.39, 0.29) is 63.4 Å². The largest absolute Gasteiger partial charge is 0.444 e. The number of rotatable bonds is 6. The predicted molar refractivity (Wildman–Crippen MR) is 164 cm³/mol. The number of ketones is 4. The first-order valence-electron chi connectivity index (χ1n) is 14.3. The van der Waals surface area contributed by atoms with E-state index in [1.807, 2.05) is 0 Å². The van der Waals surface area contributed by atoms with Crippen LogP contribution in [0.3, 0.4) is 0 Å². The molecular weight excluding hydrogens is 572 g/mol. The zero-order chi connectivity index (χ0) is 32.0. The SMILES string of the molecule is CC(C)(C)OC(=O)NCc1ccc(-c2ccc(CNC=O)c3c2C(=O)c2ccccc2C3=O)c2c1C(=O)c1ccccc1C2=O. The molecule has 0 saturated heterocycles. The van der Waals surface area contributed by atoms with Crippen molar-refractivity contribution in [2.75, 3.05) is 0 Å². The van der Waals surface area contributed by atoms with E-state index in [0.29, 0.717) is 28.7 Å². The second-order valence-electron chi connectivity index (χ2n) is 11.8. The fourth-order valence-corrected chi connectivity index (χ4v) is 5.96. The molecule has 0 radical (unpaired) electrons. The summed E-state index contributed by atoms with van der Waals surface area (Å²) < 4.78 is 5.35. The minimum Gasteiger partial charge on any atom is -0.444 e. The van der Waals surface area contributed by atoms with Crippen molar-refractivity contribution < 1.29 is 33.5 Å². The molecule has 2 amide bonds. The summed E-state index contributed by atoms with van der Waals surface area (Å²) in [6, 6.07) is 19.5. The number of carbonyl (C=O) groups excluding carboxylic acids is 6. The number of nitrogens with one attached hydrogen (secondary N) is 2. The van der Waals surface area contributed by atoms with Crippen LogP contribution in [0, 0.1) is 0 Å². The molecule has 0 saturated carbocycles. The van der Waals surface area contributed by atoms with Crippen molar-refractivity contribution in [2.24, 2.45) is 0 Å². The maximum absolute atomic E-state index is 14.2. The van der Waals surface area contributed by atoms with E-state index in [2.05, 4.69) is 10.6 Å². The number of benzene rings is 4. The maximum atomic E-state index is 14.2. The average Bonchev–Trinajstić information content (AvgIpc) is 3.02. The molecule has 0 fully saturated rings. The van der Waals surface area contributed by atoms with Gasteiger partial charge in [0.25, 0.3) is 0 Å². The van der Waals surface area contributed by atoms with Gasteiger partial charge in [0, 0.05) is 57.6 Å². The number of ether oxygens (including phenoxy) is 1. The molecule has 4 aromatic rings. The first-order valence-corrected chi connectivity index (χ1v) is 14.3. The average molecular weight is 601 g/mol. The highest BCUT2D eigenvalue weighted by molar-refractivity contribution is 6.33. The van der Waals surface area contributed by atoms with E-state index in [0.717, 1.165) is 0 Å². The molecule has 0 atom stereocenters. The zero-order valence-corrected chi connectivity index (χ0v) is 24.8. The van der Waals surface area contributed by atoms with Crippen molar-refractivity contribution in [2.45, 2.75) is 39.5 Å². The molecule has 0 unspecified atom stereocenters. The van der Waals surface area contributed by atoms with Gasteiger partial charge in [-0.15, -0.1) is 0 Å². The van der Waals surface area contributed by atoms with Gasteiger partial charge in [0.2, 0.25) is 6.41 Å². The van der Waals surface area contributed by atoms with Gasteiger partial charge in [-0.2, -0.15) is 0 Å². The number of hydrogen-bond acceptors (Lipinski definition) is 7. The van der Waals surface area contributed by atoms with Gasteiger partial charge < -0.3 is 15.4 Å². The lowest BCUT2D eigenvalue weighted by Crippen LogP contribution is -2.33. The summed E-state index contributed by atoms with van der Waals surface area (Å²) in [5, 5.41) is 5.23. The lowest BCUT2D eigenvalue weighted by Gasteiger charge is -2.27. The summed E-state index contributed by atoms with van der Waals surface area (Å²) in [6.45, 7) is 5.10. The van der Waals surface area contributed by atoms with Crippen LogP contribution in [-0.4, -0.2) is 41.2 Å². The normalized spacial score (nSPS) is 13.3. The van der Waals surface area contributed by atoms with E-state index in [1.165, 1.54) is 0 Å². The fraction of sp³-hybridized carbons (Fsp3) is 0.167. The summed E-state index contributed by atoms with van der Waals surface area (Å²) in [5.41, 5.74) is 1.97. The van der Waals surface area contributed by atoms with Crippen molar-refractivity contribution in [1.29, 1.82) is 0 Å². The van der Waals surface area contributed by atoms with Crippen molar-refractivity contribution in [1.82, 2.24) is 10.6 Å². The Hall–Kier alpha value is -5.70. The van der Waals surface area contributed by atoms with Crippen LogP contribution in [0.25, 0.3) is 11.1 Å². The quantitative estimate of drug-likeness (QED) is 0.252. The topological polar surface area (TPSA) is 136 Å². The zero-order valence-electron chi connectivity index (χ0n) is 24.8. The molecule has 6 rings (SSSR count). The molecule has 2 aliphatic rings. The maximum Gasteiger partial charge on any atom is 0.407 e. The molecule has 0 heterocycles. The molecular formula is C36H28N2O7. The summed E-state index contributed by atoms with van der Waals surface area (Å²) >= 11 is 0. The minimum atomic E-state index is -0.743. The van der Waals surface area contributed by atoms with Crippen LogP contribution in [0.15, 0.2) is 72.8 Å². The van der Waals surface area contributed by atoms with Gasteiger partial charge in [-0.3, -0.25) is 24.0 Å². The Bertz CT molecular complexity index is 1980. The van der Waals surface area contributed by atoms with Crippen LogP contribution in [0.1, 0.15) is 95.6 Å². The molecule has 0 aromatic heterocycles. The number of amides is 2. The van der Waals surface area contributed by atoms with Crippen LogP contribution >= 0.6 is 0 Å². The summed E-state index contributed by atoms with van der Waals surface area (Å²) in [6.07, 6.45) is -0.183. The molecule has 224 valence electrons. The van der Waals surface area contributed by atoms with Crippen LogP contribution in [0.5, 0.6) is 0 Å². The molecule has 0 aliphatic heterocycles. The molecule has 2 N–H and O–H groups in total. The van der Waals surface area contributed by atoms with Gasteiger partial charge >= 0.3 is 6.09 Å². The highest BCUT2D eigenvalue weighted by Gasteiger charge is 2.38. The van der Waals surface area contributed by atoms with Gasteiger partial charge in [-0.25, -0.2) is 4.79 Å². The third kappa shape index (κ3) is 5.02.